The first-order chi connectivity index (χ1) is 13.8. The molecule has 0 aliphatic carbocycles. The number of anilines is 2. The summed E-state index contributed by atoms with van der Waals surface area (Å²) < 4.78 is 44.9. The third-order valence-electron chi connectivity index (χ3n) is 4.46. The maximum atomic E-state index is 13.2. The van der Waals surface area contributed by atoms with Crippen LogP contribution >= 0.6 is 0 Å². The Kier molecular flexibility index (Phi) is 4.62. The summed E-state index contributed by atoms with van der Waals surface area (Å²) in [6.45, 7) is 1.87. The molecule has 2 N–H and O–H groups in total. The molecule has 4 rings (SSSR count). The predicted octanol–water partition coefficient (Wildman–Crippen LogP) is 5.70. The number of H-pyrrole nitrogens is 1. The van der Waals surface area contributed by atoms with Crippen molar-refractivity contribution in [1.82, 2.24) is 15.2 Å². The molecule has 0 aliphatic heterocycles. The lowest BCUT2D eigenvalue weighted by molar-refractivity contribution is -0.137. The van der Waals surface area contributed by atoms with Crippen molar-refractivity contribution in [3.05, 3.63) is 65.9 Å². The number of halogens is 3. The second-order valence-electron chi connectivity index (χ2n) is 6.58. The number of nitrogens with zero attached hydrogens (tertiary/aromatic N) is 2. The number of benzene rings is 2. The predicted molar refractivity (Wildman–Crippen MR) is 105 cm³/mol. The van der Waals surface area contributed by atoms with Gasteiger partial charge in [0.15, 0.2) is 5.82 Å². The lowest BCUT2D eigenvalue weighted by atomic mass is 10.0. The van der Waals surface area contributed by atoms with Crippen LogP contribution in [-0.2, 0) is 6.18 Å². The molecule has 0 aliphatic rings. The van der Waals surface area contributed by atoms with Crippen LogP contribution in [0.15, 0.2) is 54.6 Å². The van der Waals surface area contributed by atoms with Crippen molar-refractivity contribution < 1.29 is 17.9 Å². The summed E-state index contributed by atoms with van der Waals surface area (Å²) in [6, 6.07) is 14.1. The number of aromatic nitrogens is 3. The van der Waals surface area contributed by atoms with Crippen molar-refractivity contribution in [1.29, 1.82) is 0 Å². The van der Waals surface area contributed by atoms with Gasteiger partial charge in [-0.1, -0.05) is 12.1 Å². The van der Waals surface area contributed by atoms with Gasteiger partial charge in [0.2, 0.25) is 0 Å². The Hall–Kier alpha value is -3.55. The van der Waals surface area contributed by atoms with Crippen molar-refractivity contribution in [3.8, 4) is 17.0 Å². The molecule has 148 valence electrons. The fourth-order valence-corrected chi connectivity index (χ4v) is 3.10. The van der Waals surface area contributed by atoms with Crippen LogP contribution in [0, 0.1) is 6.92 Å². The van der Waals surface area contributed by atoms with Gasteiger partial charge in [0.1, 0.15) is 11.6 Å². The Morgan fingerprint density at radius 2 is 1.83 bits per heavy atom. The molecule has 0 bridgehead atoms. The number of hydrogen-bond acceptors (Lipinski definition) is 4. The Balaban J connectivity index is 1.89. The van der Waals surface area contributed by atoms with Gasteiger partial charge in [-0.25, -0.2) is 4.98 Å². The molecule has 0 unspecified atom stereocenters. The van der Waals surface area contributed by atoms with Crippen molar-refractivity contribution in [2.45, 2.75) is 13.1 Å². The van der Waals surface area contributed by atoms with Crippen LogP contribution in [0.4, 0.5) is 24.8 Å². The minimum absolute atomic E-state index is 0.372. The zero-order valence-electron chi connectivity index (χ0n) is 15.6. The molecule has 0 amide bonds. The van der Waals surface area contributed by atoms with Crippen LogP contribution in [0.5, 0.6) is 5.75 Å². The van der Waals surface area contributed by atoms with Crippen molar-refractivity contribution in [2.24, 2.45) is 0 Å². The monoisotopic (exact) mass is 398 g/mol. The SMILES string of the molecule is COc1ccc2c(-c3cccc(C(F)(F)F)c3)nc(Nc3cc(C)[nH]n3)cc2c1. The van der Waals surface area contributed by atoms with E-state index in [0.717, 1.165) is 23.2 Å². The number of alkyl halides is 3. The molecule has 2 aromatic heterocycles. The zero-order chi connectivity index (χ0) is 20.6. The Labute approximate surface area is 164 Å². The standard InChI is InChI=1S/C21H17F3N4O/c1-12-8-19(28-27-12)25-18-11-14-10-16(29-2)6-7-17(14)20(26-18)13-4-3-5-15(9-13)21(22,23)24/h3-11H,1-2H3,(H2,25,26,27,28). The fourth-order valence-electron chi connectivity index (χ4n) is 3.10. The van der Waals surface area contributed by atoms with Crippen LogP contribution < -0.4 is 10.1 Å². The number of nitrogens with one attached hydrogen (secondary N) is 2. The molecule has 29 heavy (non-hydrogen) atoms. The smallest absolute Gasteiger partial charge is 0.416 e. The number of fused-ring (bicyclic) bond motifs is 1. The first kappa shape index (κ1) is 18.8. The van der Waals surface area contributed by atoms with Crippen molar-refractivity contribution in [3.63, 3.8) is 0 Å². The van der Waals surface area contributed by atoms with E-state index in [1.54, 1.807) is 37.4 Å². The normalized spacial score (nSPS) is 11.6. The highest BCUT2D eigenvalue weighted by atomic mass is 19.4. The summed E-state index contributed by atoms with van der Waals surface area (Å²) in [5, 5.41) is 11.5. The summed E-state index contributed by atoms with van der Waals surface area (Å²) in [6.07, 6.45) is -4.43. The Morgan fingerprint density at radius 3 is 2.52 bits per heavy atom. The van der Waals surface area contributed by atoms with Gasteiger partial charge in [0.05, 0.1) is 18.4 Å². The molecular formula is C21H17F3N4O. The maximum Gasteiger partial charge on any atom is 0.416 e. The number of ether oxygens (including phenoxy) is 1. The van der Waals surface area contributed by atoms with Gasteiger partial charge in [0, 0.05) is 22.7 Å². The summed E-state index contributed by atoms with van der Waals surface area (Å²) in [5.41, 5.74) is 0.954. The van der Waals surface area contributed by atoms with Crippen LogP contribution in [0.25, 0.3) is 22.0 Å². The second kappa shape index (κ2) is 7.12. The van der Waals surface area contributed by atoms with Gasteiger partial charge in [-0.3, -0.25) is 5.10 Å². The van der Waals surface area contributed by atoms with Crippen LogP contribution in [-0.4, -0.2) is 22.3 Å². The van der Waals surface area contributed by atoms with Gasteiger partial charge in [-0.15, -0.1) is 0 Å². The molecule has 8 heteroatoms. The fraction of sp³-hybridized carbons (Fsp3) is 0.143. The van der Waals surface area contributed by atoms with E-state index in [4.69, 9.17) is 4.74 Å². The van der Waals surface area contributed by atoms with Crippen molar-refractivity contribution in [2.75, 3.05) is 12.4 Å². The number of methoxy groups -OCH3 is 1. The van der Waals surface area contributed by atoms with Gasteiger partial charge < -0.3 is 10.1 Å². The number of hydrogen-bond donors (Lipinski definition) is 2. The van der Waals surface area contributed by atoms with E-state index in [1.807, 2.05) is 13.0 Å². The zero-order valence-corrected chi connectivity index (χ0v) is 15.6. The van der Waals surface area contributed by atoms with Crippen LogP contribution in [0.2, 0.25) is 0 Å². The molecule has 0 spiro atoms. The topological polar surface area (TPSA) is 62.8 Å². The van der Waals surface area contributed by atoms with E-state index in [0.29, 0.717) is 34.0 Å². The number of aryl methyl sites for hydroxylation is 1. The second-order valence-corrected chi connectivity index (χ2v) is 6.58. The van der Waals surface area contributed by atoms with E-state index in [1.165, 1.54) is 6.07 Å². The van der Waals surface area contributed by atoms with E-state index in [9.17, 15) is 13.2 Å². The van der Waals surface area contributed by atoms with E-state index in [2.05, 4.69) is 20.5 Å². The van der Waals surface area contributed by atoms with Gasteiger partial charge >= 0.3 is 6.18 Å². The first-order valence-electron chi connectivity index (χ1n) is 8.79. The molecule has 5 nitrogen and oxygen atoms in total. The van der Waals surface area contributed by atoms with Gasteiger partial charge in [0.25, 0.3) is 0 Å². The van der Waals surface area contributed by atoms with Crippen molar-refractivity contribution >= 4 is 22.4 Å². The summed E-state index contributed by atoms with van der Waals surface area (Å²) in [4.78, 5) is 4.58. The number of aromatic amines is 1. The molecule has 2 aromatic carbocycles. The largest absolute Gasteiger partial charge is 0.497 e. The lowest BCUT2D eigenvalue weighted by Crippen LogP contribution is -2.05. The highest BCUT2D eigenvalue weighted by Gasteiger charge is 2.30. The molecule has 2 heterocycles. The minimum Gasteiger partial charge on any atom is -0.497 e. The van der Waals surface area contributed by atoms with E-state index in [-0.39, 0.29) is 0 Å². The highest BCUT2D eigenvalue weighted by Crippen LogP contribution is 2.36. The van der Waals surface area contributed by atoms with Gasteiger partial charge in [-0.2, -0.15) is 18.3 Å². The molecule has 0 saturated heterocycles. The first-order valence-corrected chi connectivity index (χ1v) is 8.79. The summed E-state index contributed by atoms with van der Waals surface area (Å²) in [7, 11) is 1.56. The quantitative estimate of drug-likeness (QED) is 0.463. The third kappa shape index (κ3) is 3.87. The molecule has 0 radical (unpaired) electrons. The highest BCUT2D eigenvalue weighted by molar-refractivity contribution is 5.97. The van der Waals surface area contributed by atoms with Gasteiger partial charge in [-0.05, 0) is 48.7 Å². The molecular weight excluding hydrogens is 381 g/mol. The van der Waals surface area contributed by atoms with Crippen LogP contribution in [0.3, 0.4) is 0 Å². The molecule has 4 aromatic rings. The average molecular weight is 398 g/mol. The summed E-state index contributed by atoms with van der Waals surface area (Å²) >= 11 is 0. The van der Waals surface area contributed by atoms with E-state index < -0.39 is 11.7 Å². The molecule has 0 saturated carbocycles. The summed E-state index contributed by atoms with van der Waals surface area (Å²) in [5.74, 6) is 1.66. The average Bonchev–Trinajstić information content (AvgIpc) is 3.11. The molecule has 0 atom stereocenters. The van der Waals surface area contributed by atoms with E-state index >= 15 is 0 Å². The molecule has 0 fully saturated rings. The Morgan fingerprint density at radius 1 is 1.00 bits per heavy atom. The maximum absolute atomic E-state index is 13.2. The number of pyridine rings is 1. The number of rotatable bonds is 4. The Bertz CT molecular complexity index is 1180. The minimum atomic E-state index is -4.43. The third-order valence-corrected chi connectivity index (χ3v) is 4.46. The lowest BCUT2D eigenvalue weighted by Gasteiger charge is -2.13. The van der Waals surface area contributed by atoms with Crippen LogP contribution in [0.1, 0.15) is 11.3 Å².